The number of benzene rings is 1. The van der Waals surface area contributed by atoms with Gasteiger partial charge < -0.3 is 15.3 Å². The highest BCUT2D eigenvalue weighted by atomic mass is 35.5. The summed E-state index contributed by atoms with van der Waals surface area (Å²) < 4.78 is 0. The first kappa shape index (κ1) is 12.3. The van der Waals surface area contributed by atoms with Gasteiger partial charge in [-0.25, -0.2) is 9.59 Å². The Kier molecular flexibility index (Phi) is 3.73. The maximum Gasteiger partial charge on any atom is 0.335 e. The quantitative estimate of drug-likeness (QED) is 0.835. The van der Waals surface area contributed by atoms with E-state index in [1.54, 1.807) is 14.1 Å². The molecule has 2 amide bonds. The molecule has 0 aliphatic rings. The van der Waals surface area contributed by atoms with Gasteiger partial charge in [-0.05, 0) is 18.2 Å². The molecule has 2 N–H and O–H groups in total. The third-order valence-electron chi connectivity index (χ3n) is 1.86. The van der Waals surface area contributed by atoms with Crippen molar-refractivity contribution in [3.8, 4) is 0 Å². The van der Waals surface area contributed by atoms with Crippen molar-refractivity contribution in [3.63, 3.8) is 0 Å². The van der Waals surface area contributed by atoms with E-state index < -0.39 is 5.97 Å². The minimum Gasteiger partial charge on any atom is -0.478 e. The molecular weight excluding hydrogens is 232 g/mol. The van der Waals surface area contributed by atoms with Crippen LogP contribution in [0.5, 0.6) is 0 Å². The maximum absolute atomic E-state index is 11.3. The Morgan fingerprint density at radius 2 is 2.00 bits per heavy atom. The second-order valence-corrected chi connectivity index (χ2v) is 3.73. The summed E-state index contributed by atoms with van der Waals surface area (Å²) in [5.74, 6) is -1.06. The van der Waals surface area contributed by atoms with Crippen molar-refractivity contribution < 1.29 is 14.7 Å². The first-order chi connectivity index (χ1) is 7.41. The summed E-state index contributed by atoms with van der Waals surface area (Å²) in [6.45, 7) is 0. The Balaban J connectivity index is 2.91. The van der Waals surface area contributed by atoms with Gasteiger partial charge in [-0.2, -0.15) is 0 Å². The molecule has 16 heavy (non-hydrogen) atoms. The van der Waals surface area contributed by atoms with Crippen LogP contribution in [0.3, 0.4) is 0 Å². The number of urea groups is 1. The molecule has 0 atom stereocenters. The molecule has 0 saturated carbocycles. The fourth-order valence-corrected chi connectivity index (χ4v) is 1.20. The largest absolute Gasteiger partial charge is 0.478 e. The number of carboxylic acid groups (broad SMARTS) is 1. The van der Waals surface area contributed by atoms with Gasteiger partial charge in [0.2, 0.25) is 0 Å². The molecule has 0 bridgehead atoms. The second-order valence-electron chi connectivity index (χ2n) is 3.32. The molecule has 0 aromatic heterocycles. The number of rotatable bonds is 2. The zero-order valence-electron chi connectivity index (χ0n) is 8.82. The van der Waals surface area contributed by atoms with Crippen LogP contribution in [0.2, 0.25) is 5.02 Å². The van der Waals surface area contributed by atoms with Crippen molar-refractivity contribution in [1.29, 1.82) is 0 Å². The van der Waals surface area contributed by atoms with E-state index in [-0.39, 0.29) is 16.6 Å². The van der Waals surface area contributed by atoms with Gasteiger partial charge in [0, 0.05) is 14.1 Å². The molecule has 0 aliphatic heterocycles. The number of anilines is 1. The number of hydrogen-bond donors (Lipinski definition) is 2. The number of nitrogens with zero attached hydrogens (tertiary/aromatic N) is 1. The Morgan fingerprint density at radius 3 is 2.44 bits per heavy atom. The molecule has 1 rings (SSSR count). The highest BCUT2D eigenvalue weighted by Crippen LogP contribution is 2.23. The molecule has 5 nitrogen and oxygen atoms in total. The predicted molar refractivity (Wildman–Crippen MR) is 61.1 cm³/mol. The van der Waals surface area contributed by atoms with Crippen LogP contribution in [0.4, 0.5) is 10.5 Å². The van der Waals surface area contributed by atoms with Gasteiger partial charge in [0.15, 0.2) is 0 Å². The van der Waals surface area contributed by atoms with E-state index in [9.17, 15) is 9.59 Å². The smallest absolute Gasteiger partial charge is 0.335 e. The van der Waals surface area contributed by atoms with Gasteiger partial charge >= 0.3 is 12.0 Å². The lowest BCUT2D eigenvalue weighted by Gasteiger charge is -2.13. The van der Waals surface area contributed by atoms with Gasteiger partial charge in [0.05, 0.1) is 16.3 Å². The molecule has 0 fully saturated rings. The van der Waals surface area contributed by atoms with Gasteiger partial charge in [-0.1, -0.05) is 11.6 Å². The van der Waals surface area contributed by atoms with Crippen molar-refractivity contribution in [3.05, 3.63) is 28.8 Å². The maximum atomic E-state index is 11.3. The average molecular weight is 243 g/mol. The lowest BCUT2D eigenvalue weighted by atomic mass is 10.2. The number of aromatic carboxylic acids is 1. The van der Waals surface area contributed by atoms with Crippen LogP contribution in [-0.4, -0.2) is 36.1 Å². The molecule has 0 heterocycles. The van der Waals surface area contributed by atoms with E-state index in [1.807, 2.05) is 0 Å². The molecule has 6 heteroatoms. The molecule has 0 saturated heterocycles. The van der Waals surface area contributed by atoms with Crippen LogP contribution in [-0.2, 0) is 0 Å². The average Bonchev–Trinajstić information content (AvgIpc) is 2.20. The normalized spacial score (nSPS) is 9.69. The van der Waals surface area contributed by atoms with Gasteiger partial charge in [0.25, 0.3) is 0 Å². The second kappa shape index (κ2) is 4.85. The summed E-state index contributed by atoms with van der Waals surface area (Å²) in [6.07, 6.45) is 0. The summed E-state index contributed by atoms with van der Waals surface area (Å²) in [7, 11) is 3.18. The minimum absolute atomic E-state index is 0.0767. The standard InChI is InChI=1S/C10H11ClN2O3/c1-13(2)10(16)12-8-4-3-6(9(14)15)5-7(8)11/h3-5H,1-2H3,(H,12,16)(H,14,15). The number of hydrogen-bond acceptors (Lipinski definition) is 2. The van der Waals surface area contributed by atoms with Crippen LogP contribution in [0.25, 0.3) is 0 Å². The van der Waals surface area contributed by atoms with Crippen LogP contribution < -0.4 is 5.32 Å². The number of nitrogens with one attached hydrogen (secondary N) is 1. The lowest BCUT2D eigenvalue weighted by Crippen LogP contribution is -2.27. The topological polar surface area (TPSA) is 69.6 Å². The highest BCUT2D eigenvalue weighted by molar-refractivity contribution is 6.34. The molecular formula is C10H11ClN2O3. The van der Waals surface area contributed by atoms with E-state index in [1.165, 1.54) is 23.1 Å². The summed E-state index contributed by atoms with van der Waals surface area (Å²) >= 11 is 5.83. The molecule has 0 radical (unpaired) electrons. The van der Waals surface area contributed by atoms with Gasteiger partial charge in [-0.3, -0.25) is 0 Å². The fourth-order valence-electron chi connectivity index (χ4n) is 0.977. The number of carbonyl (C=O) groups excluding carboxylic acids is 1. The van der Waals surface area contributed by atoms with Gasteiger partial charge in [0.1, 0.15) is 0 Å². The number of amides is 2. The highest BCUT2D eigenvalue weighted by Gasteiger charge is 2.10. The molecule has 86 valence electrons. The van der Waals surface area contributed by atoms with Crippen LogP contribution >= 0.6 is 11.6 Å². The lowest BCUT2D eigenvalue weighted by molar-refractivity contribution is 0.0697. The molecule has 0 unspecified atom stereocenters. The van der Waals surface area contributed by atoms with Crippen molar-refractivity contribution >= 4 is 29.3 Å². The van der Waals surface area contributed by atoms with E-state index >= 15 is 0 Å². The predicted octanol–water partition coefficient (Wildman–Crippen LogP) is 2.13. The summed E-state index contributed by atoms with van der Waals surface area (Å²) in [6, 6.07) is 3.78. The minimum atomic E-state index is -1.06. The summed E-state index contributed by atoms with van der Waals surface area (Å²) in [4.78, 5) is 23.3. The summed E-state index contributed by atoms with van der Waals surface area (Å²) in [5.41, 5.74) is 0.457. The Morgan fingerprint density at radius 1 is 1.38 bits per heavy atom. The molecule has 0 spiro atoms. The van der Waals surface area contributed by atoms with E-state index in [0.29, 0.717) is 5.69 Å². The van der Waals surface area contributed by atoms with Crippen LogP contribution in [0, 0.1) is 0 Å². The van der Waals surface area contributed by atoms with E-state index in [4.69, 9.17) is 16.7 Å². The number of carbonyl (C=O) groups is 2. The number of carboxylic acids is 1. The first-order valence-corrected chi connectivity index (χ1v) is 4.80. The fraction of sp³-hybridized carbons (Fsp3) is 0.200. The Labute approximate surface area is 97.6 Å². The first-order valence-electron chi connectivity index (χ1n) is 4.43. The van der Waals surface area contributed by atoms with Crippen molar-refractivity contribution in [1.82, 2.24) is 4.90 Å². The Hall–Kier alpha value is -1.75. The van der Waals surface area contributed by atoms with Crippen LogP contribution in [0.15, 0.2) is 18.2 Å². The third kappa shape index (κ3) is 2.87. The zero-order chi connectivity index (χ0) is 12.3. The molecule has 1 aromatic carbocycles. The van der Waals surface area contributed by atoms with Crippen molar-refractivity contribution in [2.45, 2.75) is 0 Å². The van der Waals surface area contributed by atoms with Crippen molar-refractivity contribution in [2.24, 2.45) is 0 Å². The van der Waals surface area contributed by atoms with E-state index in [0.717, 1.165) is 0 Å². The number of halogens is 1. The third-order valence-corrected chi connectivity index (χ3v) is 2.18. The van der Waals surface area contributed by atoms with Gasteiger partial charge in [-0.15, -0.1) is 0 Å². The Bertz CT molecular complexity index is 432. The van der Waals surface area contributed by atoms with Crippen LogP contribution in [0.1, 0.15) is 10.4 Å². The molecule has 1 aromatic rings. The summed E-state index contributed by atoms with van der Waals surface area (Å²) in [5, 5.41) is 11.4. The molecule has 0 aliphatic carbocycles. The van der Waals surface area contributed by atoms with Crippen molar-refractivity contribution in [2.75, 3.05) is 19.4 Å². The zero-order valence-corrected chi connectivity index (χ0v) is 9.58. The SMILES string of the molecule is CN(C)C(=O)Nc1ccc(C(=O)O)cc1Cl. The van der Waals surface area contributed by atoms with E-state index in [2.05, 4.69) is 5.32 Å². The monoisotopic (exact) mass is 242 g/mol.